The van der Waals surface area contributed by atoms with E-state index >= 15 is 0 Å². The molecule has 1 amide bonds. The van der Waals surface area contributed by atoms with Crippen LogP contribution in [0.25, 0.3) is 0 Å². The number of carbonyl (C=O) groups excluding carboxylic acids is 1. The van der Waals surface area contributed by atoms with Crippen molar-refractivity contribution in [2.24, 2.45) is 0 Å². The fourth-order valence-corrected chi connectivity index (χ4v) is 2.49. The highest BCUT2D eigenvalue weighted by Crippen LogP contribution is 2.19. The van der Waals surface area contributed by atoms with Crippen molar-refractivity contribution >= 4 is 11.6 Å². The SMILES string of the molecule is Cc1ccc(C(C)NC(=O)c2ccc(N)c(C)c2)c(C)c1. The van der Waals surface area contributed by atoms with E-state index in [1.165, 1.54) is 11.1 Å². The molecule has 3 heteroatoms. The van der Waals surface area contributed by atoms with Crippen LogP contribution < -0.4 is 11.1 Å². The van der Waals surface area contributed by atoms with Crippen LogP contribution in [0.15, 0.2) is 36.4 Å². The number of nitrogen functional groups attached to an aromatic ring is 1. The zero-order valence-electron chi connectivity index (χ0n) is 13.0. The molecule has 110 valence electrons. The maximum Gasteiger partial charge on any atom is 0.251 e. The molecule has 2 aromatic carbocycles. The highest BCUT2D eigenvalue weighted by molar-refractivity contribution is 5.95. The lowest BCUT2D eigenvalue weighted by atomic mass is 10.00. The van der Waals surface area contributed by atoms with E-state index in [4.69, 9.17) is 5.73 Å². The number of aryl methyl sites for hydroxylation is 3. The molecule has 0 fully saturated rings. The van der Waals surface area contributed by atoms with Crippen LogP contribution >= 0.6 is 0 Å². The Hall–Kier alpha value is -2.29. The van der Waals surface area contributed by atoms with E-state index in [-0.39, 0.29) is 11.9 Å². The van der Waals surface area contributed by atoms with Crippen molar-refractivity contribution < 1.29 is 4.79 Å². The van der Waals surface area contributed by atoms with Crippen molar-refractivity contribution in [3.63, 3.8) is 0 Å². The number of nitrogens with one attached hydrogen (secondary N) is 1. The van der Waals surface area contributed by atoms with Gasteiger partial charge in [0.25, 0.3) is 5.91 Å². The fraction of sp³-hybridized carbons (Fsp3) is 0.278. The highest BCUT2D eigenvalue weighted by atomic mass is 16.1. The molecule has 2 rings (SSSR count). The van der Waals surface area contributed by atoms with Gasteiger partial charge in [-0.2, -0.15) is 0 Å². The number of amides is 1. The van der Waals surface area contributed by atoms with Gasteiger partial charge < -0.3 is 11.1 Å². The maximum absolute atomic E-state index is 12.3. The Morgan fingerprint density at radius 3 is 2.38 bits per heavy atom. The van der Waals surface area contributed by atoms with Crippen LogP contribution in [-0.4, -0.2) is 5.91 Å². The second-order valence-corrected chi connectivity index (χ2v) is 5.63. The van der Waals surface area contributed by atoms with Crippen molar-refractivity contribution in [1.82, 2.24) is 5.32 Å². The summed E-state index contributed by atoms with van der Waals surface area (Å²) in [7, 11) is 0. The smallest absolute Gasteiger partial charge is 0.251 e. The molecule has 0 saturated carbocycles. The molecular weight excluding hydrogens is 260 g/mol. The Labute approximate surface area is 126 Å². The summed E-state index contributed by atoms with van der Waals surface area (Å²) < 4.78 is 0. The van der Waals surface area contributed by atoms with Crippen LogP contribution in [0.1, 0.15) is 45.6 Å². The predicted molar refractivity (Wildman–Crippen MR) is 87.4 cm³/mol. The standard InChI is InChI=1S/C18H22N2O/c1-11-5-7-16(12(2)9-11)14(4)20-18(21)15-6-8-17(19)13(3)10-15/h5-10,14H,19H2,1-4H3,(H,20,21). The summed E-state index contributed by atoms with van der Waals surface area (Å²) in [5.74, 6) is -0.0782. The van der Waals surface area contributed by atoms with E-state index in [1.54, 1.807) is 12.1 Å². The van der Waals surface area contributed by atoms with Crippen molar-refractivity contribution in [2.45, 2.75) is 33.7 Å². The number of carbonyl (C=O) groups is 1. The van der Waals surface area contributed by atoms with E-state index in [9.17, 15) is 4.79 Å². The second kappa shape index (κ2) is 6.00. The molecule has 3 N–H and O–H groups in total. The van der Waals surface area contributed by atoms with Crippen LogP contribution in [0.5, 0.6) is 0 Å². The summed E-state index contributed by atoms with van der Waals surface area (Å²) in [6.07, 6.45) is 0. The molecule has 0 heterocycles. The van der Waals surface area contributed by atoms with Gasteiger partial charge in [0.2, 0.25) is 0 Å². The van der Waals surface area contributed by atoms with Gasteiger partial charge in [0.1, 0.15) is 0 Å². The lowest BCUT2D eigenvalue weighted by Gasteiger charge is -2.17. The topological polar surface area (TPSA) is 55.1 Å². The van der Waals surface area contributed by atoms with Crippen LogP contribution in [0.3, 0.4) is 0 Å². The summed E-state index contributed by atoms with van der Waals surface area (Å²) in [5.41, 5.74) is 11.6. The molecule has 0 radical (unpaired) electrons. The molecular formula is C18H22N2O. The molecule has 21 heavy (non-hydrogen) atoms. The van der Waals surface area contributed by atoms with Gasteiger partial charge in [-0.05, 0) is 62.6 Å². The van der Waals surface area contributed by atoms with Crippen molar-refractivity contribution in [3.8, 4) is 0 Å². The first-order chi connectivity index (χ1) is 9.88. The van der Waals surface area contributed by atoms with Crippen molar-refractivity contribution in [3.05, 3.63) is 64.2 Å². The molecule has 0 aliphatic heterocycles. The molecule has 3 nitrogen and oxygen atoms in total. The third-order valence-electron chi connectivity index (χ3n) is 3.77. The number of hydrogen-bond acceptors (Lipinski definition) is 2. The minimum Gasteiger partial charge on any atom is -0.399 e. The van der Waals surface area contributed by atoms with Crippen LogP contribution in [0.4, 0.5) is 5.69 Å². The molecule has 0 bridgehead atoms. The van der Waals surface area contributed by atoms with Crippen molar-refractivity contribution in [2.75, 3.05) is 5.73 Å². The molecule has 0 aliphatic carbocycles. The second-order valence-electron chi connectivity index (χ2n) is 5.63. The summed E-state index contributed by atoms with van der Waals surface area (Å²) in [6.45, 7) is 8.04. The number of anilines is 1. The number of benzene rings is 2. The average molecular weight is 282 g/mol. The monoisotopic (exact) mass is 282 g/mol. The number of nitrogens with two attached hydrogens (primary N) is 1. The molecule has 0 saturated heterocycles. The molecule has 0 spiro atoms. The van der Waals surface area contributed by atoms with Gasteiger partial charge in [0.15, 0.2) is 0 Å². The van der Waals surface area contributed by atoms with Gasteiger partial charge in [-0.1, -0.05) is 23.8 Å². The Morgan fingerprint density at radius 1 is 1.05 bits per heavy atom. The summed E-state index contributed by atoms with van der Waals surface area (Å²) in [4.78, 5) is 12.3. The van der Waals surface area contributed by atoms with Gasteiger partial charge in [-0.3, -0.25) is 4.79 Å². The van der Waals surface area contributed by atoms with Crippen LogP contribution in [-0.2, 0) is 0 Å². The Balaban J connectivity index is 2.16. The summed E-state index contributed by atoms with van der Waals surface area (Å²) >= 11 is 0. The van der Waals surface area contributed by atoms with E-state index in [0.29, 0.717) is 11.3 Å². The first-order valence-corrected chi connectivity index (χ1v) is 7.12. The van der Waals surface area contributed by atoms with Gasteiger partial charge in [0, 0.05) is 11.3 Å². The molecule has 2 aromatic rings. The minimum atomic E-state index is -0.0782. The minimum absolute atomic E-state index is 0.0315. The zero-order chi connectivity index (χ0) is 15.6. The molecule has 1 unspecified atom stereocenters. The first kappa shape index (κ1) is 15.1. The Kier molecular flexibility index (Phi) is 4.32. The Bertz CT molecular complexity index is 677. The quantitative estimate of drug-likeness (QED) is 0.844. The van der Waals surface area contributed by atoms with E-state index in [2.05, 4.69) is 37.4 Å². The summed E-state index contributed by atoms with van der Waals surface area (Å²) in [5, 5.41) is 3.04. The molecule has 1 atom stereocenters. The predicted octanol–water partition coefficient (Wildman–Crippen LogP) is 3.69. The van der Waals surface area contributed by atoms with E-state index in [0.717, 1.165) is 11.1 Å². The highest BCUT2D eigenvalue weighted by Gasteiger charge is 2.13. The maximum atomic E-state index is 12.3. The van der Waals surface area contributed by atoms with Gasteiger partial charge >= 0.3 is 0 Å². The fourth-order valence-electron chi connectivity index (χ4n) is 2.49. The lowest BCUT2D eigenvalue weighted by Crippen LogP contribution is -2.27. The van der Waals surface area contributed by atoms with E-state index < -0.39 is 0 Å². The van der Waals surface area contributed by atoms with Crippen molar-refractivity contribution in [1.29, 1.82) is 0 Å². The summed E-state index contributed by atoms with van der Waals surface area (Å²) in [6, 6.07) is 11.6. The zero-order valence-corrected chi connectivity index (χ0v) is 13.0. The van der Waals surface area contributed by atoms with E-state index in [1.807, 2.05) is 19.9 Å². The molecule has 0 aromatic heterocycles. The first-order valence-electron chi connectivity index (χ1n) is 7.12. The average Bonchev–Trinajstić information content (AvgIpc) is 2.41. The lowest BCUT2D eigenvalue weighted by molar-refractivity contribution is 0.0940. The normalized spacial score (nSPS) is 12.0. The van der Waals surface area contributed by atoms with Crippen LogP contribution in [0, 0.1) is 20.8 Å². The Morgan fingerprint density at radius 2 is 1.76 bits per heavy atom. The number of rotatable bonds is 3. The number of hydrogen-bond donors (Lipinski definition) is 2. The van der Waals surface area contributed by atoms with Gasteiger partial charge in [-0.25, -0.2) is 0 Å². The van der Waals surface area contributed by atoms with Gasteiger partial charge in [-0.15, -0.1) is 0 Å². The third-order valence-corrected chi connectivity index (χ3v) is 3.77. The molecule has 0 aliphatic rings. The van der Waals surface area contributed by atoms with Gasteiger partial charge in [0.05, 0.1) is 6.04 Å². The largest absolute Gasteiger partial charge is 0.399 e. The van der Waals surface area contributed by atoms with Crippen LogP contribution in [0.2, 0.25) is 0 Å². The third kappa shape index (κ3) is 3.43.